The molecule has 112 valence electrons. The van der Waals surface area contributed by atoms with Gasteiger partial charge < -0.3 is 15.2 Å². The second kappa shape index (κ2) is 7.58. The molecule has 0 aromatic carbocycles. The molecule has 4 heteroatoms. The minimum absolute atomic E-state index is 0.436. The molecule has 0 amide bonds. The van der Waals surface area contributed by atoms with Crippen molar-refractivity contribution < 1.29 is 9.84 Å². The maximum Gasteiger partial charge on any atom is 0.0771 e. The molecule has 4 nitrogen and oxygen atoms in total. The van der Waals surface area contributed by atoms with Gasteiger partial charge in [0.25, 0.3) is 0 Å². The molecule has 2 N–H and O–H groups in total. The van der Waals surface area contributed by atoms with E-state index in [0.717, 1.165) is 52.2 Å². The molecule has 1 atom stereocenters. The smallest absolute Gasteiger partial charge is 0.0771 e. The van der Waals surface area contributed by atoms with Crippen molar-refractivity contribution in [3.05, 3.63) is 0 Å². The van der Waals surface area contributed by atoms with Crippen LogP contribution in [0.5, 0.6) is 0 Å². The number of rotatable bonds is 5. The Morgan fingerprint density at radius 2 is 1.79 bits per heavy atom. The molecular weight excluding hydrogens is 240 g/mol. The van der Waals surface area contributed by atoms with E-state index < -0.39 is 5.60 Å². The van der Waals surface area contributed by atoms with Crippen LogP contribution in [0.1, 0.15) is 45.4 Å². The summed E-state index contributed by atoms with van der Waals surface area (Å²) < 4.78 is 5.36. The summed E-state index contributed by atoms with van der Waals surface area (Å²) in [5.74, 6) is 0. The fraction of sp³-hybridized carbons (Fsp3) is 1.00. The largest absolute Gasteiger partial charge is 0.389 e. The first-order valence-corrected chi connectivity index (χ1v) is 7.94. The number of hydrogen-bond donors (Lipinski definition) is 2. The number of nitrogens with one attached hydrogen (secondary N) is 1. The van der Waals surface area contributed by atoms with Crippen LogP contribution in [-0.4, -0.2) is 61.0 Å². The lowest BCUT2D eigenvalue weighted by molar-refractivity contribution is 0.0158. The molecule has 0 aromatic heterocycles. The summed E-state index contributed by atoms with van der Waals surface area (Å²) in [6.45, 7) is 7.81. The van der Waals surface area contributed by atoms with Crippen LogP contribution in [0.4, 0.5) is 0 Å². The van der Waals surface area contributed by atoms with Crippen LogP contribution < -0.4 is 5.32 Å². The summed E-state index contributed by atoms with van der Waals surface area (Å²) >= 11 is 0. The Kier molecular flexibility index (Phi) is 6.07. The van der Waals surface area contributed by atoms with Gasteiger partial charge in [-0.3, -0.25) is 4.90 Å². The first-order valence-electron chi connectivity index (χ1n) is 7.94. The maximum atomic E-state index is 10.6. The van der Waals surface area contributed by atoms with Gasteiger partial charge in [-0.25, -0.2) is 0 Å². The third kappa shape index (κ3) is 5.38. The molecule has 2 aliphatic rings. The second-order valence-corrected chi connectivity index (χ2v) is 6.33. The molecule has 0 radical (unpaired) electrons. The van der Waals surface area contributed by atoms with Gasteiger partial charge in [-0.2, -0.15) is 0 Å². The second-order valence-electron chi connectivity index (χ2n) is 6.33. The third-order valence-corrected chi connectivity index (χ3v) is 4.45. The van der Waals surface area contributed by atoms with Gasteiger partial charge >= 0.3 is 0 Å². The van der Waals surface area contributed by atoms with Gasteiger partial charge in [0.2, 0.25) is 0 Å². The Morgan fingerprint density at radius 1 is 1.16 bits per heavy atom. The van der Waals surface area contributed by atoms with E-state index in [1.165, 1.54) is 25.7 Å². The Morgan fingerprint density at radius 3 is 2.42 bits per heavy atom. The number of aliphatic hydroxyl groups is 1. The van der Waals surface area contributed by atoms with E-state index in [0.29, 0.717) is 6.04 Å². The number of ether oxygens (including phenoxy) is 1. The fourth-order valence-electron chi connectivity index (χ4n) is 3.16. The summed E-state index contributed by atoms with van der Waals surface area (Å²) in [6.07, 6.45) is 6.85. The molecule has 2 fully saturated rings. The lowest BCUT2D eigenvalue weighted by Gasteiger charge is -2.32. The topological polar surface area (TPSA) is 44.7 Å². The van der Waals surface area contributed by atoms with Crippen LogP contribution in [-0.2, 0) is 4.74 Å². The summed E-state index contributed by atoms with van der Waals surface area (Å²) in [4.78, 5) is 2.44. The van der Waals surface area contributed by atoms with Gasteiger partial charge in [-0.1, -0.05) is 25.7 Å². The van der Waals surface area contributed by atoms with Crippen LogP contribution in [0.15, 0.2) is 0 Å². The Balaban J connectivity index is 1.68. The molecule has 0 bridgehead atoms. The van der Waals surface area contributed by atoms with Gasteiger partial charge in [0.15, 0.2) is 0 Å². The van der Waals surface area contributed by atoms with Crippen LogP contribution in [0.2, 0.25) is 0 Å². The van der Waals surface area contributed by atoms with E-state index in [4.69, 9.17) is 4.74 Å². The quantitative estimate of drug-likeness (QED) is 0.741. The van der Waals surface area contributed by atoms with Crippen molar-refractivity contribution in [1.29, 1.82) is 0 Å². The van der Waals surface area contributed by atoms with Crippen molar-refractivity contribution in [1.82, 2.24) is 10.2 Å². The molecule has 1 saturated carbocycles. The van der Waals surface area contributed by atoms with Crippen molar-refractivity contribution in [2.75, 3.05) is 39.4 Å². The average Bonchev–Trinajstić information content (AvgIpc) is 2.63. The van der Waals surface area contributed by atoms with Crippen LogP contribution in [0, 0.1) is 0 Å². The van der Waals surface area contributed by atoms with E-state index in [2.05, 4.69) is 17.1 Å². The molecule has 1 aliphatic heterocycles. The average molecular weight is 270 g/mol. The zero-order valence-corrected chi connectivity index (χ0v) is 12.4. The summed E-state index contributed by atoms with van der Waals surface area (Å²) in [5, 5.41) is 14.1. The molecule has 2 rings (SSSR count). The zero-order chi connectivity index (χ0) is 13.6. The molecular formula is C15H30N2O2. The van der Waals surface area contributed by atoms with Crippen molar-refractivity contribution in [2.45, 2.75) is 57.1 Å². The van der Waals surface area contributed by atoms with Gasteiger partial charge in [-0.05, 0) is 19.8 Å². The van der Waals surface area contributed by atoms with E-state index in [1.54, 1.807) is 0 Å². The number of hydrogen-bond acceptors (Lipinski definition) is 4. The first-order chi connectivity index (χ1) is 9.18. The normalized spacial score (nSPS) is 26.8. The number of nitrogens with zero attached hydrogens (tertiary/aromatic N) is 1. The van der Waals surface area contributed by atoms with Gasteiger partial charge in [0.05, 0.1) is 18.8 Å². The Hall–Kier alpha value is -0.160. The predicted molar refractivity (Wildman–Crippen MR) is 77.4 cm³/mol. The Bertz CT molecular complexity index is 247. The van der Waals surface area contributed by atoms with E-state index in [-0.39, 0.29) is 0 Å². The molecule has 1 saturated heterocycles. The Labute approximate surface area is 117 Å². The van der Waals surface area contributed by atoms with Crippen molar-refractivity contribution >= 4 is 0 Å². The van der Waals surface area contributed by atoms with Crippen LogP contribution in [0.3, 0.4) is 0 Å². The third-order valence-electron chi connectivity index (χ3n) is 4.45. The highest BCUT2D eigenvalue weighted by molar-refractivity contribution is 4.84. The first kappa shape index (κ1) is 15.2. The monoisotopic (exact) mass is 270 g/mol. The summed E-state index contributed by atoms with van der Waals surface area (Å²) in [5.41, 5.74) is -0.463. The van der Waals surface area contributed by atoms with E-state index in [1.807, 2.05) is 0 Å². The fourth-order valence-corrected chi connectivity index (χ4v) is 3.16. The molecule has 1 unspecified atom stereocenters. The highest BCUT2D eigenvalue weighted by Gasteiger charge is 2.28. The maximum absolute atomic E-state index is 10.6. The van der Waals surface area contributed by atoms with Crippen LogP contribution in [0.25, 0.3) is 0 Å². The minimum Gasteiger partial charge on any atom is -0.389 e. The highest BCUT2D eigenvalue weighted by atomic mass is 16.5. The lowest BCUT2D eigenvalue weighted by Crippen LogP contribution is -2.49. The predicted octanol–water partition coefficient (Wildman–Crippen LogP) is 1.38. The van der Waals surface area contributed by atoms with Crippen molar-refractivity contribution in [3.8, 4) is 0 Å². The summed E-state index contributed by atoms with van der Waals surface area (Å²) in [7, 11) is 0. The SMILES string of the molecule is CC(CN1CCOCC1)NCC1(O)CCCCCC1. The zero-order valence-electron chi connectivity index (χ0n) is 12.4. The van der Waals surface area contributed by atoms with Gasteiger partial charge in [0, 0.05) is 32.2 Å². The van der Waals surface area contributed by atoms with Gasteiger partial charge in [-0.15, -0.1) is 0 Å². The van der Waals surface area contributed by atoms with E-state index >= 15 is 0 Å². The molecule has 19 heavy (non-hydrogen) atoms. The standard InChI is InChI=1S/C15H30N2O2/c1-14(12-17-8-10-19-11-9-17)16-13-15(18)6-4-2-3-5-7-15/h14,16,18H,2-13H2,1H3. The van der Waals surface area contributed by atoms with Crippen molar-refractivity contribution in [3.63, 3.8) is 0 Å². The van der Waals surface area contributed by atoms with E-state index in [9.17, 15) is 5.11 Å². The van der Waals surface area contributed by atoms with Crippen LogP contribution >= 0.6 is 0 Å². The molecule has 0 spiro atoms. The number of morpholine rings is 1. The molecule has 1 aliphatic carbocycles. The minimum atomic E-state index is -0.463. The summed E-state index contributed by atoms with van der Waals surface area (Å²) in [6, 6.07) is 0.436. The molecule has 1 heterocycles. The highest BCUT2D eigenvalue weighted by Crippen LogP contribution is 2.26. The lowest BCUT2D eigenvalue weighted by atomic mass is 9.94. The molecule has 0 aromatic rings. The van der Waals surface area contributed by atoms with Crippen molar-refractivity contribution in [2.24, 2.45) is 0 Å². The van der Waals surface area contributed by atoms with Gasteiger partial charge in [0.1, 0.15) is 0 Å².